The van der Waals surface area contributed by atoms with E-state index >= 15 is 0 Å². The molecular formula is C20H30N3O4+. The Morgan fingerprint density at radius 3 is 2.52 bits per heavy atom. The number of benzene rings is 1. The Balaban J connectivity index is 1.66. The zero-order valence-electron chi connectivity index (χ0n) is 16.4. The molecule has 2 fully saturated rings. The summed E-state index contributed by atoms with van der Waals surface area (Å²) in [6.07, 6.45) is 0.993. The number of nitrogens with one attached hydrogen (secondary N) is 2. The van der Waals surface area contributed by atoms with Gasteiger partial charge in [0.15, 0.2) is 6.67 Å². The third-order valence-corrected chi connectivity index (χ3v) is 5.25. The predicted molar refractivity (Wildman–Crippen MR) is 101 cm³/mol. The quantitative estimate of drug-likeness (QED) is 0.689. The molecule has 2 heterocycles. The molecule has 2 aliphatic rings. The Hall–Kier alpha value is -2.12. The number of carbonyl (C=O) groups is 2. The highest BCUT2D eigenvalue weighted by atomic mass is 16.5. The van der Waals surface area contributed by atoms with Crippen LogP contribution in [-0.4, -0.2) is 56.4 Å². The smallest absolute Gasteiger partial charge is 0.329 e. The number of urea groups is 1. The van der Waals surface area contributed by atoms with Gasteiger partial charge in [0.2, 0.25) is 0 Å². The van der Waals surface area contributed by atoms with Crippen LogP contribution in [0, 0.1) is 5.92 Å². The van der Waals surface area contributed by atoms with Crippen LogP contribution in [0.25, 0.3) is 0 Å². The van der Waals surface area contributed by atoms with Gasteiger partial charge in [-0.05, 0) is 37.0 Å². The Labute approximate surface area is 160 Å². The molecule has 7 nitrogen and oxygen atoms in total. The van der Waals surface area contributed by atoms with Gasteiger partial charge in [-0.15, -0.1) is 0 Å². The van der Waals surface area contributed by atoms with Gasteiger partial charge in [0.05, 0.1) is 19.8 Å². The second kappa shape index (κ2) is 8.27. The molecule has 2 saturated heterocycles. The number of hydrogen-bond donors (Lipinski definition) is 2. The highest BCUT2D eigenvalue weighted by Crippen LogP contribution is 2.29. The van der Waals surface area contributed by atoms with Crippen LogP contribution in [0.3, 0.4) is 0 Å². The topological polar surface area (TPSA) is 72.3 Å². The van der Waals surface area contributed by atoms with E-state index in [4.69, 9.17) is 9.47 Å². The van der Waals surface area contributed by atoms with Gasteiger partial charge in [0.25, 0.3) is 5.91 Å². The summed E-state index contributed by atoms with van der Waals surface area (Å²) in [5.41, 5.74) is -0.282. The maximum atomic E-state index is 13.0. The molecule has 1 aromatic carbocycles. The van der Waals surface area contributed by atoms with Gasteiger partial charge >= 0.3 is 6.03 Å². The van der Waals surface area contributed by atoms with E-state index in [-0.39, 0.29) is 11.9 Å². The summed E-state index contributed by atoms with van der Waals surface area (Å²) in [4.78, 5) is 28.0. The van der Waals surface area contributed by atoms with E-state index in [2.05, 4.69) is 19.2 Å². The van der Waals surface area contributed by atoms with Gasteiger partial charge in [-0.2, -0.15) is 0 Å². The Bertz CT molecular complexity index is 670. The minimum atomic E-state index is -1.04. The van der Waals surface area contributed by atoms with Crippen LogP contribution in [0.2, 0.25) is 0 Å². The summed E-state index contributed by atoms with van der Waals surface area (Å²) >= 11 is 0. The lowest BCUT2D eigenvalue weighted by Gasteiger charge is -2.27. The second-order valence-corrected chi connectivity index (χ2v) is 7.86. The number of morpholine rings is 1. The maximum absolute atomic E-state index is 13.0. The lowest BCUT2D eigenvalue weighted by atomic mass is 9.92. The fourth-order valence-electron chi connectivity index (χ4n) is 3.37. The summed E-state index contributed by atoms with van der Waals surface area (Å²) < 4.78 is 11.1. The Morgan fingerprint density at radius 1 is 1.22 bits per heavy atom. The van der Waals surface area contributed by atoms with E-state index in [1.165, 1.54) is 9.80 Å². The van der Waals surface area contributed by atoms with Crippen molar-refractivity contribution in [3.63, 3.8) is 0 Å². The van der Waals surface area contributed by atoms with E-state index in [1.807, 2.05) is 24.3 Å². The lowest BCUT2D eigenvalue weighted by Crippen LogP contribution is -3.15. The highest BCUT2D eigenvalue weighted by molar-refractivity contribution is 6.07. The molecule has 0 spiro atoms. The molecule has 27 heavy (non-hydrogen) atoms. The SMILES string of the molecule is CC(C)CCOc1ccc(C2(C)NC(=O)N(C[NH+]3CCOCC3)C2=O)cc1. The van der Waals surface area contributed by atoms with E-state index < -0.39 is 5.54 Å². The Kier molecular flexibility index (Phi) is 6.01. The van der Waals surface area contributed by atoms with Gasteiger partial charge in [-0.1, -0.05) is 26.0 Å². The molecule has 7 heteroatoms. The molecule has 3 rings (SSSR count). The molecule has 0 bridgehead atoms. The summed E-state index contributed by atoms with van der Waals surface area (Å²) in [5.74, 6) is 1.16. The van der Waals surface area contributed by atoms with Crippen LogP contribution in [-0.2, 0) is 15.1 Å². The number of amides is 3. The van der Waals surface area contributed by atoms with E-state index in [1.54, 1.807) is 6.92 Å². The first-order valence-electron chi connectivity index (χ1n) is 9.69. The van der Waals surface area contributed by atoms with Crippen molar-refractivity contribution in [3.05, 3.63) is 29.8 Å². The van der Waals surface area contributed by atoms with E-state index in [0.717, 1.165) is 30.8 Å². The fourth-order valence-corrected chi connectivity index (χ4v) is 3.37. The molecule has 1 aromatic rings. The third kappa shape index (κ3) is 4.42. The van der Waals surface area contributed by atoms with Gasteiger partial charge in [-0.3, -0.25) is 4.79 Å². The molecule has 0 aliphatic carbocycles. The van der Waals surface area contributed by atoms with Gasteiger partial charge in [0.1, 0.15) is 24.4 Å². The van der Waals surface area contributed by atoms with Crippen molar-refractivity contribution in [2.75, 3.05) is 39.6 Å². The fraction of sp³-hybridized carbons (Fsp3) is 0.600. The zero-order chi connectivity index (χ0) is 19.4. The first-order chi connectivity index (χ1) is 12.9. The summed E-state index contributed by atoms with van der Waals surface area (Å²) in [5, 5.41) is 2.87. The molecule has 0 aromatic heterocycles. The average Bonchev–Trinajstić information content (AvgIpc) is 2.87. The molecular weight excluding hydrogens is 346 g/mol. The summed E-state index contributed by atoms with van der Waals surface area (Å²) in [6, 6.07) is 7.09. The van der Waals surface area contributed by atoms with Crippen LogP contribution in [0.1, 0.15) is 32.8 Å². The van der Waals surface area contributed by atoms with E-state index in [9.17, 15) is 9.59 Å². The van der Waals surface area contributed by atoms with Crippen LogP contribution >= 0.6 is 0 Å². The number of nitrogens with zero attached hydrogens (tertiary/aromatic N) is 1. The number of carbonyl (C=O) groups excluding carboxylic acids is 2. The normalized spacial score (nSPS) is 23.8. The van der Waals surface area contributed by atoms with E-state index in [0.29, 0.717) is 32.4 Å². The summed E-state index contributed by atoms with van der Waals surface area (Å²) in [6.45, 7) is 10.0. The van der Waals surface area contributed by atoms with Crippen molar-refractivity contribution in [1.82, 2.24) is 10.2 Å². The van der Waals surface area contributed by atoms with Crippen molar-refractivity contribution in [2.24, 2.45) is 5.92 Å². The number of ether oxygens (including phenoxy) is 2. The molecule has 0 radical (unpaired) electrons. The first-order valence-corrected chi connectivity index (χ1v) is 9.69. The first kappa shape index (κ1) is 19.6. The number of hydrogen-bond acceptors (Lipinski definition) is 4. The molecule has 1 atom stereocenters. The number of imide groups is 1. The van der Waals surface area contributed by atoms with Crippen LogP contribution in [0.4, 0.5) is 4.79 Å². The van der Waals surface area contributed by atoms with Crippen molar-refractivity contribution < 1.29 is 24.0 Å². The van der Waals surface area contributed by atoms with Gasteiger partial charge < -0.3 is 19.7 Å². The monoisotopic (exact) mass is 376 g/mol. The van der Waals surface area contributed by atoms with Crippen molar-refractivity contribution in [1.29, 1.82) is 0 Å². The van der Waals surface area contributed by atoms with Crippen LogP contribution in [0.15, 0.2) is 24.3 Å². The molecule has 2 N–H and O–H groups in total. The van der Waals surface area contributed by atoms with Crippen molar-refractivity contribution in [3.8, 4) is 5.75 Å². The number of rotatable bonds is 7. The zero-order valence-corrected chi connectivity index (χ0v) is 16.4. The predicted octanol–water partition coefficient (Wildman–Crippen LogP) is 0.751. The average molecular weight is 376 g/mol. The molecule has 3 amide bonds. The third-order valence-electron chi connectivity index (χ3n) is 5.25. The van der Waals surface area contributed by atoms with Crippen molar-refractivity contribution >= 4 is 11.9 Å². The van der Waals surface area contributed by atoms with Crippen molar-refractivity contribution in [2.45, 2.75) is 32.7 Å². The second-order valence-electron chi connectivity index (χ2n) is 7.86. The maximum Gasteiger partial charge on any atom is 0.329 e. The highest BCUT2D eigenvalue weighted by Gasteiger charge is 2.50. The molecule has 148 valence electrons. The lowest BCUT2D eigenvalue weighted by molar-refractivity contribution is -0.915. The summed E-state index contributed by atoms with van der Waals surface area (Å²) in [7, 11) is 0. The Morgan fingerprint density at radius 2 is 1.89 bits per heavy atom. The van der Waals surface area contributed by atoms with Crippen LogP contribution in [0.5, 0.6) is 5.75 Å². The van der Waals surface area contributed by atoms with Gasteiger partial charge in [-0.25, -0.2) is 9.69 Å². The van der Waals surface area contributed by atoms with Crippen LogP contribution < -0.4 is 15.0 Å². The standard InChI is InChI=1S/C20H29N3O4/c1-15(2)8-11-27-17-6-4-16(5-7-17)20(3)18(24)23(19(25)21-20)14-22-9-12-26-13-10-22/h4-7,15H,8-14H2,1-3H3,(H,21,25)/p+1. The number of quaternary nitrogens is 1. The molecule has 0 saturated carbocycles. The molecule has 2 aliphatic heterocycles. The minimum Gasteiger partial charge on any atom is -0.494 e. The largest absolute Gasteiger partial charge is 0.494 e. The van der Waals surface area contributed by atoms with Gasteiger partial charge in [0, 0.05) is 0 Å². The molecule has 1 unspecified atom stereocenters. The minimum absolute atomic E-state index is 0.208.